The summed E-state index contributed by atoms with van der Waals surface area (Å²) in [4.78, 5) is 26.4. The quantitative estimate of drug-likeness (QED) is 0.779. The number of benzene rings is 2. The summed E-state index contributed by atoms with van der Waals surface area (Å²) in [6.45, 7) is 4.37. The highest BCUT2D eigenvalue weighted by molar-refractivity contribution is 5.95. The first-order chi connectivity index (χ1) is 12.5. The van der Waals surface area contributed by atoms with Crippen molar-refractivity contribution in [3.8, 4) is 0 Å². The van der Waals surface area contributed by atoms with E-state index in [1.54, 1.807) is 18.2 Å². The first kappa shape index (κ1) is 19.6. The molecule has 0 spiro atoms. The maximum Gasteiger partial charge on any atom is 0.244 e. The first-order valence-electron chi connectivity index (χ1n) is 8.88. The number of anilines is 1. The number of halogens is 1. The Morgan fingerprint density at radius 3 is 2.46 bits per heavy atom. The first-order valence-corrected chi connectivity index (χ1v) is 8.88. The van der Waals surface area contributed by atoms with Gasteiger partial charge in [0, 0.05) is 18.7 Å². The molecule has 26 heavy (non-hydrogen) atoms. The zero-order valence-electron chi connectivity index (χ0n) is 15.3. The van der Waals surface area contributed by atoms with Gasteiger partial charge in [0.2, 0.25) is 11.8 Å². The van der Waals surface area contributed by atoms with Gasteiger partial charge in [-0.25, -0.2) is 4.39 Å². The van der Waals surface area contributed by atoms with Crippen LogP contribution in [0, 0.1) is 12.7 Å². The maximum atomic E-state index is 13.7. The fraction of sp³-hybridized carbons (Fsp3) is 0.333. The van der Waals surface area contributed by atoms with Gasteiger partial charge in [-0.05, 0) is 43.0 Å². The van der Waals surface area contributed by atoms with Crippen molar-refractivity contribution >= 4 is 17.5 Å². The number of hydrogen-bond acceptors (Lipinski definition) is 2. The second-order valence-electron chi connectivity index (χ2n) is 6.27. The normalized spacial score (nSPS) is 10.4. The molecule has 1 N–H and O–H groups in total. The fourth-order valence-electron chi connectivity index (χ4n) is 2.74. The molecule has 0 unspecified atom stereocenters. The van der Waals surface area contributed by atoms with Gasteiger partial charge in [0.1, 0.15) is 5.82 Å². The van der Waals surface area contributed by atoms with Gasteiger partial charge in [0.05, 0.1) is 6.54 Å². The molecule has 0 saturated heterocycles. The van der Waals surface area contributed by atoms with Crippen LogP contribution in [0.4, 0.5) is 10.1 Å². The lowest BCUT2D eigenvalue weighted by Gasteiger charge is -2.22. The van der Waals surface area contributed by atoms with Crippen molar-refractivity contribution in [2.75, 3.05) is 18.4 Å². The predicted octanol–water partition coefficient (Wildman–Crippen LogP) is 3.94. The molecule has 2 aromatic rings. The highest BCUT2D eigenvalue weighted by Gasteiger charge is 2.17. The molecule has 5 heteroatoms. The molecule has 0 aromatic heterocycles. The number of nitrogens with zero attached hydrogens (tertiary/aromatic N) is 1. The summed E-state index contributed by atoms with van der Waals surface area (Å²) in [6, 6.07) is 13.9. The molecule has 0 saturated carbocycles. The molecule has 0 heterocycles. The Morgan fingerprint density at radius 2 is 1.77 bits per heavy atom. The highest BCUT2D eigenvalue weighted by Crippen LogP contribution is 2.14. The number of carbonyl (C=O) groups excluding carboxylic acids is 2. The molecule has 0 bridgehead atoms. The standard InChI is InChI=1S/C21H25FN2O2/c1-3-14-24(15-20(25)23-19-11-7-4-8-16(19)2)21(26)13-12-17-9-5-6-10-18(17)22/h4-11H,3,12-15H2,1-2H3,(H,23,25). The number of amides is 2. The molecule has 0 fully saturated rings. The van der Waals surface area contributed by atoms with Gasteiger partial charge in [-0.15, -0.1) is 0 Å². The van der Waals surface area contributed by atoms with Crippen LogP contribution in [0.5, 0.6) is 0 Å². The molecule has 138 valence electrons. The number of aryl methyl sites for hydroxylation is 2. The van der Waals surface area contributed by atoms with Crippen molar-refractivity contribution in [2.24, 2.45) is 0 Å². The molecule has 4 nitrogen and oxygen atoms in total. The van der Waals surface area contributed by atoms with Gasteiger partial charge in [0.15, 0.2) is 0 Å². The van der Waals surface area contributed by atoms with Gasteiger partial charge in [-0.2, -0.15) is 0 Å². The Morgan fingerprint density at radius 1 is 1.08 bits per heavy atom. The van der Waals surface area contributed by atoms with E-state index in [2.05, 4.69) is 5.32 Å². The number of rotatable bonds is 8. The van der Waals surface area contributed by atoms with E-state index in [0.717, 1.165) is 17.7 Å². The van der Waals surface area contributed by atoms with Crippen molar-refractivity contribution in [3.05, 3.63) is 65.5 Å². The van der Waals surface area contributed by atoms with Crippen LogP contribution in [0.2, 0.25) is 0 Å². The maximum absolute atomic E-state index is 13.7. The summed E-state index contributed by atoms with van der Waals surface area (Å²) in [5.41, 5.74) is 2.23. The number of hydrogen-bond donors (Lipinski definition) is 1. The average Bonchev–Trinajstić information content (AvgIpc) is 2.62. The molecule has 0 aliphatic carbocycles. The van der Waals surface area contributed by atoms with Crippen LogP contribution in [0.3, 0.4) is 0 Å². The Kier molecular flexibility index (Phi) is 7.33. The van der Waals surface area contributed by atoms with Crippen molar-refractivity contribution in [2.45, 2.75) is 33.1 Å². The molecule has 2 aromatic carbocycles. The van der Waals surface area contributed by atoms with E-state index in [4.69, 9.17) is 0 Å². The zero-order valence-corrected chi connectivity index (χ0v) is 15.3. The van der Waals surface area contributed by atoms with Gasteiger partial charge in [-0.3, -0.25) is 9.59 Å². The number of para-hydroxylation sites is 1. The van der Waals surface area contributed by atoms with Crippen LogP contribution >= 0.6 is 0 Å². The molecule has 0 atom stereocenters. The molecule has 2 rings (SSSR count). The third kappa shape index (κ3) is 5.69. The summed E-state index contributed by atoms with van der Waals surface area (Å²) in [7, 11) is 0. The summed E-state index contributed by atoms with van der Waals surface area (Å²) < 4.78 is 13.7. The summed E-state index contributed by atoms with van der Waals surface area (Å²) in [5.74, 6) is -0.679. The highest BCUT2D eigenvalue weighted by atomic mass is 19.1. The Hall–Kier alpha value is -2.69. The Bertz CT molecular complexity index is 761. The minimum atomic E-state index is -0.306. The van der Waals surface area contributed by atoms with E-state index < -0.39 is 0 Å². The number of carbonyl (C=O) groups is 2. The van der Waals surface area contributed by atoms with Gasteiger partial charge in [0.25, 0.3) is 0 Å². The smallest absolute Gasteiger partial charge is 0.244 e. The summed E-state index contributed by atoms with van der Waals surface area (Å²) in [5, 5.41) is 2.84. The van der Waals surface area contributed by atoms with Gasteiger partial charge in [-0.1, -0.05) is 43.3 Å². The van der Waals surface area contributed by atoms with E-state index in [1.165, 1.54) is 11.0 Å². The zero-order chi connectivity index (χ0) is 18.9. The molecule has 0 aliphatic heterocycles. The fourth-order valence-corrected chi connectivity index (χ4v) is 2.74. The predicted molar refractivity (Wildman–Crippen MR) is 101 cm³/mol. The van der Waals surface area contributed by atoms with Crippen LogP contribution in [-0.4, -0.2) is 29.8 Å². The summed E-state index contributed by atoms with van der Waals surface area (Å²) in [6.07, 6.45) is 1.26. The third-order valence-corrected chi connectivity index (χ3v) is 4.17. The van der Waals surface area contributed by atoms with Crippen molar-refractivity contribution < 1.29 is 14.0 Å². The monoisotopic (exact) mass is 356 g/mol. The molecular weight excluding hydrogens is 331 g/mol. The lowest BCUT2D eigenvalue weighted by molar-refractivity contribution is -0.134. The van der Waals surface area contributed by atoms with E-state index in [-0.39, 0.29) is 30.6 Å². The van der Waals surface area contributed by atoms with Crippen molar-refractivity contribution in [1.82, 2.24) is 4.90 Å². The van der Waals surface area contributed by atoms with Gasteiger partial charge >= 0.3 is 0 Å². The van der Waals surface area contributed by atoms with E-state index in [9.17, 15) is 14.0 Å². The van der Waals surface area contributed by atoms with Crippen LogP contribution in [0.15, 0.2) is 48.5 Å². The van der Waals surface area contributed by atoms with Crippen LogP contribution < -0.4 is 5.32 Å². The van der Waals surface area contributed by atoms with Crippen LogP contribution in [0.25, 0.3) is 0 Å². The second-order valence-corrected chi connectivity index (χ2v) is 6.27. The van der Waals surface area contributed by atoms with Crippen molar-refractivity contribution in [1.29, 1.82) is 0 Å². The molecule has 0 radical (unpaired) electrons. The van der Waals surface area contributed by atoms with Crippen LogP contribution in [0.1, 0.15) is 30.9 Å². The average molecular weight is 356 g/mol. The number of nitrogens with one attached hydrogen (secondary N) is 1. The van der Waals surface area contributed by atoms with Crippen LogP contribution in [-0.2, 0) is 16.0 Å². The Labute approximate surface area is 154 Å². The van der Waals surface area contributed by atoms with Gasteiger partial charge < -0.3 is 10.2 Å². The molecule has 2 amide bonds. The minimum Gasteiger partial charge on any atom is -0.333 e. The topological polar surface area (TPSA) is 49.4 Å². The largest absolute Gasteiger partial charge is 0.333 e. The molecule has 0 aliphatic rings. The minimum absolute atomic E-state index is 0.00171. The van der Waals surface area contributed by atoms with E-state index in [0.29, 0.717) is 18.5 Å². The lowest BCUT2D eigenvalue weighted by atomic mass is 10.1. The summed E-state index contributed by atoms with van der Waals surface area (Å²) >= 11 is 0. The van der Waals surface area contributed by atoms with E-state index >= 15 is 0 Å². The molecular formula is C21H25FN2O2. The van der Waals surface area contributed by atoms with Crippen molar-refractivity contribution in [3.63, 3.8) is 0 Å². The Balaban J connectivity index is 1.94. The SMILES string of the molecule is CCCN(CC(=O)Nc1ccccc1C)C(=O)CCc1ccccc1F. The van der Waals surface area contributed by atoms with E-state index in [1.807, 2.05) is 38.1 Å². The third-order valence-electron chi connectivity index (χ3n) is 4.17. The second kappa shape index (κ2) is 9.70. The lowest BCUT2D eigenvalue weighted by Crippen LogP contribution is -2.38.